The van der Waals surface area contributed by atoms with E-state index in [1.165, 1.54) is 0 Å². The van der Waals surface area contributed by atoms with Crippen LogP contribution in [0.5, 0.6) is 0 Å². The number of hydrogen-bond acceptors (Lipinski definition) is 5. The SMILES string of the molecule is CC(C)S(=O)(=O)N1CCC(NC(=O)N2CCC(c3ccon3)CC2)CC1. The molecule has 146 valence electrons. The van der Waals surface area contributed by atoms with Crippen LogP contribution in [0.4, 0.5) is 4.79 Å². The van der Waals surface area contributed by atoms with Crippen molar-refractivity contribution in [2.45, 2.75) is 56.7 Å². The normalized spacial score (nSPS) is 21.3. The van der Waals surface area contributed by atoms with E-state index < -0.39 is 15.3 Å². The number of aromatic nitrogens is 1. The summed E-state index contributed by atoms with van der Waals surface area (Å²) in [6.07, 6.45) is 4.66. The predicted molar refractivity (Wildman–Crippen MR) is 97.2 cm³/mol. The van der Waals surface area contributed by atoms with Gasteiger partial charge in [0.15, 0.2) is 0 Å². The van der Waals surface area contributed by atoms with E-state index in [1.54, 1.807) is 24.4 Å². The second-order valence-corrected chi connectivity index (χ2v) is 9.89. The molecule has 8 nitrogen and oxygen atoms in total. The molecule has 0 unspecified atom stereocenters. The average molecular weight is 385 g/mol. The summed E-state index contributed by atoms with van der Waals surface area (Å²) in [5.74, 6) is 0.349. The second kappa shape index (κ2) is 7.96. The van der Waals surface area contributed by atoms with E-state index in [1.807, 2.05) is 11.0 Å². The number of nitrogens with zero attached hydrogens (tertiary/aromatic N) is 3. The molecule has 0 aromatic carbocycles. The van der Waals surface area contributed by atoms with Crippen LogP contribution in [-0.4, -0.2) is 66.3 Å². The van der Waals surface area contributed by atoms with Crippen molar-refractivity contribution < 1.29 is 17.7 Å². The standard InChI is InChI=1S/C17H28N4O4S/c1-13(2)26(23,24)21-10-5-15(6-11-21)18-17(22)20-8-3-14(4-9-20)16-7-12-25-19-16/h7,12-15H,3-6,8-11H2,1-2H3,(H,18,22). The second-order valence-electron chi connectivity index (χ2n) is 7.40. The van der Waals surface area contributed by atoms with Crippen LogP contribution >= 0.6 is 0 Å². The molecule has 0 saturated carbocycles. The van der Waals surface area contributed by atoms with E-state index >= 15 is 0 Å². The number of amides is 2. The number of urea groups is 1. The molecule has 2 amide bonds. The van der Waals surface area contributed by atoms with Crippen molar-refractivity contribution in [1.82, 2.24) is 19.7 Å². The molecule has 26 heavy (non-hydrogen) atoms. The van der Waals surface area contributed by atoms with Gasteiger partial charge < -0.3 is 14.7 Å². The Hall–Kier alpha value is -1.61. The lowest BCUT2D eigenvalue weighted by atomic mass is 9.94. The number of carbonyl (C=O) groups excluding carboxylic acids is 1. The smallest absolute Gasteiger partial charge is 0.317 e. The van der Waals surface area contributed by atoms with Gasteiger partial charge in [0.25, 0.3) is 0 Å². The first-order valence-corrected chi connectivity index (χ1v) is 10.8. The van der Waals surface area contributed by atoms with Gasteiger partial charge in [-0.05, 0) is 39.5 Å². The lowest BCUT2D eigenvalue weighted by Crippen LogP contribution is -2.52. The van der Waals surface area contributed by atoms with Gasteiger partial charge in [0.1, 0.15) is 6.26 Å². The molecule has 0 radical (unpaired) electrons. The molecule has 0 bridgehead atoms. The Kier molecular flexibility index (Phi) is 5.86. The van der Waals surface area contributed by atoms with Crippen LogP contribution in [0.2, 0.25) is 0 Å². The third-order valence-electron chi connectivity index (χ3n) is 5.40. The lowest BCUT2D eigenvalue weighted by molar-refractivity contribution is 0.171. The molecule has 1 aromatic rings. The largest absolute Gasteiger partial charge is 0.365 e. The highest BCUT2D eigenvalue weighted by atomic mass is 32.2. The highest BCUT2D eigenvalue weighted by molar-refractivity contribution is 7.89. The van der Waals surface area contributed by atoms with E-state index in [9.17, 15) is 13.2 Å². The molecule has 2 aliphatic rings. The fourth-order valence-electron chi connectivity index (χ4n) is 3.63. The van der Waals surface area contributed by atoms with Gasteiger partial charge in [0.05, 0.1) is 10.9 Å². The van der Waals surface area contributed by atoms with Crippen molar-refractivity contribution in [2.75, 3.05) is 26.2 Å². The van der Waals surface area contributed by atoms with Crippen LogP contribution < -0.4 is 5.32 Å². The summed E-state index contributed by atoms with van der Waals surface area (Å²) in [4.78, 5) is 14.3. The summed E-state index contributed by atoms with van der Waals surface area (Å²) >= 11 is 0. The molecule has 2 saturated heterocycles. The number of sulfonamides is 1. The summed E-state index contributed by atoms with van der Waals surface area (Å²) in [5, 5.41) is 6.66. The van der Waals surface area contributed by atoms with Gasteiger partial charge in [-0.15, -0.1) is 0 Å². The van der Waals surface area contributed by atoms with Gasteiger partial charge in [-0.25, -0.2) is 17.5 Å². The van der Waals surface area contributed by atoms with Crippen molar-refractivity contribution >= 4 is 16.1 Å². The maximum absolute atomic E-state index is 12.5. The van der Waals surface area contributed by atoms with Gasteiger partial charge in [-0.1, -0.05) is 5.16 Å². The average Bonchev–Trinajstić information content (AvgIpc) is 3.17. The van der Waals surface area contributed by atoms with Crippen LogP contribution in [0.15, 0.2) is 16.9 Å². The summed E-state index contributed by atoms with van der Waals surface area (Å²) < 4.78 is 30.9. The van der Waals surface area contributed by atoms with Gasteiger partial charge in [-0.3, -0.25) is 0 Å². The molecule has 3 heterocycles. The topological polar surface area (TPSA) is 95.8 Å². The Morgan fingerprint density at radius 1 is 1.19 bits per heavy atom. The highest BCUT2D eigenvalue weighted by Crippen LogP contribution is 2.27. The Labute approximate surface area is 154 Å². The maximum atomic E-state index is 12.5. The summed E-state index contributed by atoms with van der Waals surface area (Å²) in [6, 6.07) is 1.88. The fraction of sp³-hybridized carbons (Fsp3) is 0.765. The lowest BCUT2D eigenvalue weighted by Gasteiger charge is -2.35. The Morgan fingerprint density at radius 3 is 2.38 bits per heavy atom. The monoisotopic (exact) mass is 384 g/mol. The van der Waals surface area contributed by atoms with Gasteiger partial charge in [0.2, 0.25) is 10.0 Å². The van der Waals surface area contributed by atoms with E-state index in [0.717, 1.165) is 18.5 Å². The van der Waals surface area contributed by atoms with Gasteiger partial charge >= 0.3 is 6.03 Å². The number of carbonyl (C=O) groups is 1. The zero-order chi connectivity index (χ0) is 18.7. The van der Waals surface area contributed by atoms with E-state index in [-0.39, 0.29) is 12.1 Å². The highest BCUT2D eigenvalue weighted by Gasteiger charge is 2.32. The van der Waals surface area contributed by atoms with Gasteiger partial charge in [-0.2, -0.15) is 0 Å². The molecular formula is C17H28N4O4S. The zero-order valence-electron chi connectivity index (χ0n) is 15.4. The quantitative estimate of drug-likeness (QED) is 0.853. The van der Waals surface area contributed by atoms with E-state index in [0.29, 0.717) is 44.9 Å². The van der Waals surface area contributed by atoms with Crippen LogP contribution in [0.1, 0.15) is 51.1 Å². The minimum Gasteiger partial charge on any atom is -0.365 e. The molecule has 0 atom stereocenters. The Bertz CT molecular complexity index is 688. The van der Waals surface area contributed by atoms with Crippen molar-refractivity contribution in [1.29, 1.82) is 0 Å². The number of likely N-dealkylation sites (tertiary alicyclic amines) is 1. The molecule has 2 fully saturated rings. The fourth-order valence-corrected chi connectivity index (χ4v) is 4.95. The molecule has 0 spiro atoms. The van der Waals surface area contributed by atoms with Crippen molar-refractivity contribution in [3.63, 3.8) is 0 Å². The van der Waals surface area contributed by atoms with Gasteiger partial charge in [0, 0.05) is 44.2 Å². The number of hydrogen-bond donors (Lipinski definition) is 1. The molecule has 1 N–H and O–H groups in total. The van der Waals surface area contributed by atoms with Crippen molar-refractivity contribution in [3.05, 3.63) is 18.0 Å². The molecule has 3 rings (SSSR count). The first-order chi connectivity index (χ1) is 12.4. The van der Waals surface area contributed by atoms with E-state index in [4.69, 9.17) is 4.52 Å². The summed E-state index contributed by atoms with van der Waals surface area (Å²) in [7, 11) is -3.20. The number of rotatable bonds is 4. The third-order valence-corrected chi connectivity index (χ3v) is 7.67. The first kappa shape index (κ1) is 19.2. The number of nitrogens with one attached hydrogen (secondary N) is 1. The van der Waals surface area contributed by atoms with Crippen LogP contribution in [0, 0.1) is 0 Å². The molecular weight excluding hydrogens is 356 g/mol. The number of piperidine rings is 2. The van der Waals surface area contributed by atoms with Crippen LogP contribution in [0.3, 0.4) is 0 Å². The van der Waals surface area contributed by atoms with Crippen LogP contribution in [-0.2, 0) is 10.0 Å². The maximum Gasteiger partial charge on any atom is 0.317 e. The molecule has 2 aliphatic heterocycles. The Balaban J connectivity index is 1.44. The van der Waals surface area contributed by atoms with Crippen molar-refractivity contribution in [3.8, 4) is 0 Å². The molecule has 9 heteroatoms. The van der Waals surface area contributed by atoms with E-state index in [2.05, 4.69) is 10.5 Å². The molecule has 1 aromatic heterocycles. The van der Waals surface area contributed by atoms with Crippen LogP contribution in [0.25, 0.3) is 0 Å². The first-order valence-electron chi connectivity index (χ1n) is 9.32. The third kappa shape index (κ3) is 4.20. The van der Waals surface area contributed by atoms with Crippen molar-refractivity contribution in [2.24, 2.45) is 0 Å². The predicted octanol–water partition coefficient (Wildman–Crippen LogP) is 1.77. The summed E-state index contributed by atoms with van der Waals surface area (Å²) in [5.41, 5.74) is 0.962. The molecule has 0 aliphatic carbocycles. The summed E-state index contributed by atoms with van der Waals surface area (Å²) in [6.45, 7) is 5.74. The zero-order valence-corrected chi connectivity index (χ0v) is 16.2. The minimum atomic E-state index is -3.20. The Morgan fingerprint density at radius 2 is 1.85 bits per heavy atom. The minimum absolute atomic E-state index is 0.0365.